The Kier molecular flexibility index (Phi) is 3.45. The topological polar surface area (TPSA) is 18.5 Å². The van der Waals surface area contributed by atoms with Crippen LogP contribution in [0.4, 0.5) is 22.7 Å². The highest BCUT2D eigenvalue weighted by molar-refractivity contribution is 6.11. The summed E-state index contributed by atoms with van der Waals surface area (Å²) >= 11 is 0. The number of hydrogen-bond acceptors (Lipinski definition) is 3. The number of rotatable bonds is 0. The van der Waals surface area contributed by atoms with Crippen LogP contribution in [0.25, 0.3) is 27.6 Å². The first-order chi connectivity index (χ1) is 21.8. The van der Waals surface area contributed by atoms with Gasteiger partial charge < -0.3 is 14.7 Å². The van der Waals surface area contributed by atoms with Crippen LogP contribution >= 0.6 is 0 Å². The average Bonchev–Trinajstić information content (AvgIpc) is 3.69. The molecule has 5 nitrogen and oxygen atoms in total. The molecule has 0 amide bonds. The summed E-state index contributed by atoms with van der Waals surface area (Å²) in [6, 6.07) is 30.4. The molecule has 0 aliphatic carbocycles. The number of benzene rings is 4. The first kappa shape index (κ1) is 23.4. The van der Waals surface area contributed by atoms with Crippen LogP contribution in [-0.4, -0.2) is 22.7 Å². The monoisotopic (exact) mass is 582 g/mol. The maximum atomic E-state index is 2.68. The number of para-hydroxylation sites is 2. The molecule has 0 saturated heterocycles. The minimum atomic E-state index is -0.462. The summed E-state index contributed by atoms with van der Waals surface area (Å²) in [6.07, 6.45) is 7.03. The fraction of sp³-hybridized carbons (Fsp3) is 0.225. The van der Waals surface area contributed by atoms with E-state index in [9.17, 15) is 0 Å². The van der Waals surface area contributed by atoms with Gasteiger partial charge >= 0.3 is 0 Å². The molecule has 0 saturated carbocycles. The number of aromatic nitrogens is 2. The third-order valence-corrected chi connectivity index (χ3v) is 12.5. The minimum absolute atomic E-state index is 0.0681. The molecule has 0 N–H and O–H groups in total. The molecule has 6 aliphatic rings. The lowest BCUT2D eigenvalue weighted by Gasteiger charge is -2.51. The van der Waals surface area contributed by atoms with Gasteiger partial charge in [0.25, 0.3) is 5.65 Å². The lowest BCUT2D eigenvalue weighted by atomic mass is 9.65. The summed E-state index contributed by atoms with van der Waals surface area (Å²) in [7, 11) is 2.27. The highest BCUT2D eigenvalue weighted by Crippen LogP contribution is 2.68. The van der Waals surface area contributed by atoms with Crippen LogP contribution in [0.2, 0.25) is 0 Å². The lowest BCUT2D eigenvalue weighted by Crippen LogP contribution is -2.70. The van der Waals surface area contributed by atoms with Gasteiger partial charge in [-0.2, -0.15) is 4.57 Å². The van der Waals surface area contributed by atoms with Crippen molar-refractivity contribution in [2.24, 2.45) is 0 Å². The van der Waals surface area contributed by atoms with E-state index in [4.69, 9.17) is 0 Å². The molecule has 2 atom stereocenters. The van der Waals surface area contributed by atoms with Crippen LogP contribution in [0.3, 0.4) is 0 Å². The molecule has 1 spiro atoms. The Hall–Kier alpha value is -5.03. The fourth-order valence-corrected chi connectivity index (χ4v) is 10.7. The van der Waals surface area contributed by atoms with Gasteiger partial charge in [0.15, 0.2) is 6.17 Å². The van der Waals surface area contributed by atoms with E-state index < -0.39 is 5.54 Å². The van der Waals surface area contributed by atoms with Crippen molar-refractivity contribution in [1.29, 1.82) is 0 Å². The molecule has 4 aromatic carbocycles. The SMILES string of the molecule is CN1C=CN2c3ccc4c5c3C3(c6c(ccc7c6-n6c8c(cccc8c8ccc[n+]3c86)C7(C)C)N5c3ccccc3C4(C)C)C12. The van der Waals surface area contributed by atoms with Gasteiger partial charge in [-0.15, -0.1) is 0 Å². The first-order valence-corrected chi connectivity index (χ1v) is 16.2. The van der Waals surface area contributed by atoms with E-state index in [1.54, 1.807) is 0 Å². The number of anilines is 4. The molecule has 5 heteroatoms. The summed E-state index contributed by atoms with van der Waals surface area (Å²) in [5.74, 6) is 0. The van der Waals surface area contributed by atoms with E-state index in [1.807, 2.05) is 0 Å². The standard InChI is InChI=1S/C40H32N5/c1-38(2)24-12-6-7-14-28(24)44-30-18-16-27-35-32(30)40(31-29(17-15-26(38)34(31)44)42-21-20-41(5)37(40)42)43-19-9-11-23-22-10-8-13-25(39(27,3)4)33(22)45(35)36(23)43/h6-21,37H,1-5H3/q+1. The Balaban J connectivity index is 1.41. The third-order valence-electron chi connectivity index (χ3n) is 12.5. The molecule has 6 aromatic rings. The summed E-state index contributed by atoms with van der Waals surface area (Å²) in [5.41, 5.74) is 17.0. The van der Waals surface area contributed by atoms with E-state index in [0.717, 1.165) is 0 Å². The molecular formula is C40H32N5+. The molecule has 12 rings (SSSR count). The Labute approximate surface area is 261 Å². The largest absolute Gasteiger partial charge is 0.354 e. The summed E-state index contributed by atoms with van der Waals surface area (Å²) in [6.45, 7) is 9.68. The number of hydrogen-bond donors (Lipinski definition) is 0. The molecule has 8 heterocycles. The normalized spacial score (nSPS) is 23.7. The van der Waals surface area contributed by atoms with Crippen molar-refractivity contribution < 1.29 is 4.57 Å². The van der Waals surface area contributed by atoms with E-state index in [0.29, 0.717) is 0 Å². The number of pyridine rings is 1. The van der Waals surface area contributed by atoms with E-state index >= 15 is 0 Å². The highest BCUT2D eigenvalue weighted by Gasteiger charge is 2.69. The van der Waals surface area contributed by atoms with Crippen molar-refractivity contribution in [3.05, 3.63) is 131 Å². The molecule has 2 aromatic heterocycles. The van der Waals surface area contributed by atoms with Crippen molar-refractivity contribution in [1.82, 2.24) is 9.47 Å². The van der Waals surface area contributed by atoms with Gasteiger partial charge in [-0.25, -0.2) is 4.57 Å². The second-order valence-corrected chi connectivity index (χ2v) is 15.0. The van der Waals surface area contributed by atoms with Crippen molar-refractivity contribution >= 4 is 44.7 Å². The molecule has 2 unspecified atom stereocenters. The Morgan fingerprint density at radius 3 is 2.20 bits per heavy atom. The minimum Gasteiger partial charge on any atom is -0.354 e. The van der Waals surface area contributed by atoms with Crippen LogP contribution in [0.15, 0.2) is 97.5 Å². The van der Waals surface area contributed by atoms with Gasteiger partial charge in [-0.1, -0.05) is 70.2 Å². The Morgan fingerprint density at radius 1 is 0.622 bits per heavy atom. The molecule has 0 fully saturated rings. The molecule has 0 radical (unpaired) electrons. The smallest absolute Gasteiger partial charge is 0.296 e. The van der Waals surface area contributed by atoms with Crippen molar-refractivity contribution in [2.75, 3.05) is 16.8 Å². The molecule has 45 heavy (non-hydrogen) atoms. The Bertz CT molecular complexity index is 2500. The predicted molar refractivity (Wildman–Crippen MR) is 179 cm³/mol. The van der Waals surface area contributed by atoms with Crippen LogP contribution in [0.1, 0.15) is 61.1 Å². The molecule has 6 aliphatic heterocycles. The number of likely N-dealkylation sites (N-methyl/N-ethyl adjacent to an activating group) is 1. The van der Waals surface area contributed by atoms with Gasteiger partial charge in [0.2, 0.25) is 5.54 Å². The maximum absolute atomic E-state index is 2.68. The van der Waals surface area contributed by atoms with Gasteiger partial charge in [-0.05, 0) is 47.5 Å². The lowest BCUT2D eigenvalue weighted by molar-refractivity contribution is -0.727. The van der Waals surface area contributed by atoms with Crippen LogP contribution in [0, 0.1) is 0 Å². The van der Waals surface area contributed by atoms with Crippen molar-refractivity contribution in [2.45, 2.75) is 50.2 Å². The predicted octanol–water partition coefficient (Wildman–Crippen LogP) is 7.80. The second kappa shape index (κ2) is 6.64. The average molecular weight is 583 g/mol. The fourth-order valence-electron chi connectivity index (χ4n) is 10.7. The van der Waals surface area contributed by atoms with E-state index in [1.165, 1.54) is 83.8 Å². The molecular weight excluding hydrogens is 550 g/mol. The number of fused-ring (bicyclic) bond motifs is 6. The number of nitrogens with zero attached hydrogens (tertiary/aromatic N) is 5. The van der Waals surface area contributed by atoms with Crippen molar-refractivity contribution in [3.63, 3.8) is 0 Å². The third kappa shape index (κ3) is 2.06. The van der Waals surface area contributed by atoms with E-state index in [2.05, 4.69) is 156 Å². The summed E-state index contributed by atoms with van der Waals surface area (Å²) < 4.78 is 5.32. The quantitative estimate of drug-likeness (QED) is 0.170. The van der Waals surface area contributed by atoms with Gasteiger partial charge in [-0.3, -0.25) is 0 Å². The zero-order valence-corrected chi connectivity index (χ0v) is 26.1. The zero-order chi connectivity index (χ0) is 29.9. The first-order valence-electron chi connectivity index (χ1n) is 16.2. The van der Waals surface area contributed by atoms with E-state index in [-0.39, 0.29) is 17.0 Å². The highest BCUT2D eigenvalue weighted by atomic mass is 15.5. The van der Waals surface area contributed by atoms with Crippen LogP contribution in [0.5, 0.6) is 0 Å². The summed E-state index contributed by atoms with van der Waals surface area (Å²) in [4.78, 5) is 7.64. The zero-order valence-electron chi connectivity index (χ0n) is 26.1. The summed E-state index contributed by atoms with van der Waals surface area (Å²) in [5, 5.41) is 2.67. The Morgan fingerprint density at radius 2 is 1.33 bits per heavy atom. The van der Waals surface area contributed by atoms with Gasteiger partial charge in [0.1, 0.15) is 11.2 Å². The van der Waals surface area contributed by atoms with Crippen LogP contribution in [-0.2, 0) is 16.4 Å². The molecule has 216 valence electrons. The second-order valence-electron chi connectivity index (χ2n) is 15.0. The van der Waals surface area contributed by atoms with Crippen LogP contribution < -0.4 is 14.4 Å². The maximum Gasteiger partial charge on any atom is 0.296 e. The molecule has 0 bridgehead atoms. The van der Waals surface area contributed by atoms with Gasteiger partial charge in [0, 0.05) is 46.8 Å². The van der Waals surface area contributed by atoms with Crippen molar-refractivity contribution in [3.8, 4) is 5.69 Å². The van der Waals surface area contributed by atoms with Gasteiger partial charge in [0.05, 0.1) is 45.5 Å².